The molecule has 1 aromatic carbocycles. The Labute approximate surface area is 110 Å². The van der Waals surface area contributed by atoms with E-state index < -0.39 is 17.3 Å². The van der Waals surface area contributed by atoms with Gasteiger partial charge >= 0.3 is 6.18 Å². The summed E-state index contributed by atoms with van der Waals surface area (Å²) in [4.78, 5) is 0. The first kappa shape index (κ1) is 14.3. The van der Waals surface area contributed by atoms with Crippen LogP contribution in [0.5, 0.6) is 0 Å². The number of nitrogens with one attached hydrogen (secondary N) is 1. The van der Waals surface area contributed by atoms with Gasteiger partial charge in [-0.1, -0.05) is 19.1 Å². The molecule has 1 aliphatic rings. The van der Waals surface area contributed by atoms with Crippen LogP contribution in [0.3, 0.4) is 0 Å². The van der Waals surface area contributed by atoms with Gasteiger partial charge in [-0.15, -0.1) is 0 Å². The van der Waals surface area contributed by atoms with E-state index in [9.17, 15) is 18.3 Å². The lowest BCUT2D eigenvalue weighted by atomic mass is 9.75. The van der Waals surface area contributed by atoms with E-state index in [0.29, 0.717) is 25.1 Å². The number of aliphatic hydroxyl groups is 1. The second kappa shape index (κ2) is 5.13. The zero-order valence-electron chi connectivity index (χ0n) is 10.8. The molecule has 1 aliphatic heterocycles. The maximum atomic E-state index is 12.5. The fourth-order valence-corrected chi connectivity index (χ4v) is 2.74. The van der Waals surface area contributed by atoms with Gasteiger partial charge in [0.15, 0.2) is 0 Å². The smallest absolute Gasteiger partial charge is 0.385 e. The summed E-state index contributed by atoms with van der Waals surface area (Å²) in [6.45, 7) is 3.34. The van der Waals surface area contributed by atoms with Crippen LogP contribution >= 0.6 is 0 Å². The standard InChI is InChI=1S/C14H18F3NO/c1-2-10-9-18-8-7-13(10,19)11-3-5-12(6-4-11)14(15,16)17/h3-6,10,18-19H,2,7-9H2,1H3. The molecule has 0 bridgehead atoms. The molecule has 2 rings (SSSR count). The Kier molecular flexibility index (Phi) is 3.87. The highest BCUT2D eigenvalue weighted by Crippen LogP contribution is 2.38. The Morgan fingerprint density at radius 2 is 1.95 bits per heavy atom. The summed E-state index contributed by atoms with van der Waals surface area (Å²) in [7, 11) is 0. The lowest BCUT2D eigenvalue weighted by molar-refractivity contribution is -0.137. The average Bonchev–Trinajstić information content (AvgIpc) is 2.38. The van der Waals surface area contributed by atoms with Crippen molar-refractivity contribution in [3.63, 3.8) is 0 Å². The fraction of sp³-hybridized carbons (Fsp3) is 0.571. The summed E-state index contributed by atoms with van der Waals surface area (Å²) < 4.78 is 37.6. The number of benzene rings is 1. The Bertz CT molecular complexity index is 429. The molecule has 106 valence electrons. The Hall–Kier alpha value is -1.07. The molecule has 0 amide bonds. The maximum Gasteiger partial charge on any atom is 0.416 e. The van der Waals surface area contributed by atoms with Gasteiger partial charge in [-0.05, 0) is 37.1 Å². The third kappa shape index (κ3) is 2.77. The minimum atomic E-state index is -4.33. The minimum Gasteiger partial charge on any atom is -0.385 e. The predicted octanol–water partition coefficient (Wildman–Crippen LogP) is 2.91. The van der Waals surface area contributed by atoms with Crippen molar-refractivity contribution in [1.82, 2.24) is 5.32 Å². The molecule has 2 nitrogen and oxygen atoms in total. The molecule has 1 aromatic rings. The third-order valence-corrected chi connectivity index (χ3v) is 3.95. The summed E-state index contributed by atoms with van der Waals surface area (Å²) in [6, 6.07) is 4.89. The second-order valence-corrected chi connectivity index (χ2v) is 5.06. The van der Waals surface area contributed by atoms with E-state index in [1.165, 1.54) is 12.1 Å². The predicted molar refractivity (Wildman–Crippen MR) is 66.6 cm³/mol. The summed E-state index contributed by atoms with van der Waals surface area (Å²) in [5.74, 6) is 0.0259. The van der Waals surface area contributed by atoms with E-state index in [2.05, 4.69) is 5.32 Å². The average molecular weight is 273 g/mol. The number of hydrogen-bond acceptors (Lipinski definition) is 2. The molecule has 0 saturated carbocycles. The van der Waals surface area contributed by atoms with Gasteiger partial charge in [0.2, 0.25) is 0 Å². The van der Waals surface area contributed by atoms with Crippen molar-refractivity contribution in [3.8, 4) is 0 Å². The summed E-state index contributed by atoms with van der Waals surface area (Å²) >= 11 is 0. The lowest BCUT2D eigenvalue weighted by Gasteiger charge is -2.40. The van der Waals surface area contributed by atoms with Crippen molar-refractivity contribution >= 4 is 0 Å². The first-order chi connectivity index (χ1) is 8.88. The molecule has 2 N–H and O–H groups in total. The quantitative estimate of drug-likeness (QED) is 0.868. The number of alkyl halides is 3. The van der Waals surface area contributed by atoms with Gasteiger partial charge in [-0.3, -0.25) is 0 Å². The van der Waals surface area contributed by atoms with Gasteiger partial charge in [0, 0.05) is 12.5 Å². The van der Waals surface area contributed by atoms with Crippen molar-refractivity contribution < 1.29 is 18.3 Å². The Morgan fingerprint density at radius 3 is 2.47 bits per heavy atom. The normalized spacial score (nSPS) is 28.4. The molecule has 0 aromatic heterocycles. The minimum absolute atomic E-state index is 0.0259. The highest BCUT2D eigenvalue weighted by atomic mass is 19.4. The van der Waals surface area contributed by atoms with Crippen molar-refractivity contribution in [3.05, 3.63) is 35.4 Å². The van der Waals surface area contributed by atoms with Crippen molar-refractivity contribution in [2.24, 2.45) is 5.92 Å². The van der Waals surface area contributed by atoms with E-state index in [1.54, 1.807) is 0 Å². The Balaban J connectivity index is 2.30. The van der Waals surface area contributed by atoms with Crippen molar-refractivity contribution in [1.29, 1.82) is 0 Å². The van der Waals surface area contributed by atoms with Gasteiger partial charge in [0.25, 0.3) is 0 Å². The van der Waals surface area contributed by atoms with Crippen LogP contribution in [-0.4, -0.2) is 18.2 Å². The number of hydrogen-bond donors (Lipinski definition) is 2. The lowest BCUT2D eigenvalue weighted by Crippen LogP contribution is -2.47. The van der Waals surface area contributed by atoms with E-state index in [1.807, 2.05) is 6.92 Å². The van der Waals surface area contributed by atoms with Crippen LogP contribution in [0, 0.1) is 5.92 Å². The van der Waals surface area contributed by atoms with Gasteiger partial charge < -0.3 is 10.4 Å². The molecule has 0 aliphatic carbocycles. The molecule has 1 heterocycles. The molecule has 19 heavy (non-hydrogen) atoms. The maximum absolute atomic E-state index is 12.5. The van der Waals surface area contributed by atoms with Gasteiger partial charge in [0.1, 0.15) is 0 Å². The van der Waals surface area contributed by atoms with Crippen LogP contribution in [0.4, 0.5) is 13.2 Å². The first-order valence-corrected chi connectivity index (χ1v) is 6.48. The van der Waals surface area contributed by atoms with Crippen LogP contribution in [0.1, 0.15) is 30.9 Å². The first-order valence-electron chi connectivity index (χ1n) is 6.48. The number of halogens is 3. The van der Waals surface area contributed by atoms with Crippen LogP contribution in [0.15, 0.2) is 24.3 Å². The van der Waals surface area contributed by atoms with E-state index >= 15 is 0 Å². The molecular formula is C14H18F3NO. The van der Waals surface area contributed by atoms with Gasteiger partial charge in [0.05, 0.1) is 11.2 Å². The second-order valence-electron chi connectivity index (χ2n) is 5.06. The van der Waals surface area contributed by atoms with Crippen LogP contribution in [0.2, 0.25) is 0 Å². The molecule has 2 unspecified atom stereocenters. The molecule has 5 heteroatoms. The number of rotatable bonds is 2. The molecule has 2 atom stereocenters. The van der Waals surface area contributed by atoms with E-state index in [0.717, 1.165) is 18.6 Å². The summed E-state index contributed by atoms with van der Waals surface area (Å²) in [5.41, 5.74) is -1.12. The van der Waals surface area contributed by atoms with Crippen molar-refractivity contribution in [2.45, 2.75) is 31.5 Å². The molecule has 0 radical (unpaired) electrons. The largest absolute Gasteiger partial charge is 0.416 e. The molecule has 1 saturated heterocycles. The SMILES string of the molecule is CCC1CNCCC1(O)c1ccc(C(F)(F)F)cc1. The summed E-state index contributed by atoms with van der Waals surface area (Å²) in [5, 5.41) is 14.0. The van der Waals surface area contributed by atoms with Crippen molar-refractivity contribution in [2.75, 3.05) is 13.1 Å². The Morgan fingerprint density at radius 1 is 1.32 bits per heavy atom. The van der Waals surface area contributed by atoms with Gasteiger partial charge in [-0.25, -0.2) is 0 Å². The van der Waals surface area contributed by atoms with Crippen LogP contribution in [0.25, 0.3) is 0 Å². The van der Waals surface area contributed by atoms with Gasteiger partial charge in [-0.2, -0.15) is 13.2 Å². The highest BCUT2D eigenvalue weighted by Gasteiger charge is 2.40. The summed E-state index contributed by atoms with van der Waals surface area (Å²) in [6.07, 6.45) is -3.03. The van der Waals surface area contributed by atoms with Crippen LogP contribution in [-0.2, 0) is 11.8 Å². The zero-order chi connectivity index (χ0) is 14.1. The van der Waals surface area contributed by atoms with Crippen LogP contribution < -0.4 is 5.32 Å². The molecule has 1 fully saturated rings. The monoisotopic (exact) mass is 273 g/mol. The van der Waals surface area contributed by atoms with E-state index in [4.69, 9.17) is 0 Å². The molecule has 0 spiro atoms. The fourth-order valence-electron chi connectivity index (χ4n) is 2.74. The topological polar surface area (TPSA) is 32.3 Å². The highest BCUT2D eigenvalue weighted by molar-refractivity contribution is 5.30. The molecular weight excluding hydrogens is 255 g/mol. The zero-order valence-corrected chi connectivity index (χ0v) is 10.8. The third-order valence-electron chi connectivity index (χ3n) is 3.95. The van der Waals surface area contributed by atoms with E-state index in [-0.39, 0.29) is 5.92 Å². The number of piperidine rings is 1.